The minimum absolute atomic E-state index is 0.105. The fourth-order valence-electron chi connectivity index (χ4n) is 5.97. The summed E-state index contributed by atoms with van der Waals surface area (Å²) in [6, 6.07) is 8.89. The summed E-state index contributed by atoms with van der Waals surface area (Å²) >= 11 is 0. The van der Waals surface area contributed by atoms with E-state index in [1.165, 1.54) is 38.5 Å². The number of hydrogen-bond donors (Lipinski definition) is 2. The molecule has 0 radical (unpaired) electrons. The molecular weight excluding hydrogens is 326 g/mol. The first-order valence-corrected chi connectivity index (χ1v) is 9.60. The number of carbonyl (C=O) groups excluding carboxylic acids is 2. The van der Waals surface area contributed by atoms with Crippen molar-refractivity contribution in [2.75, 3.05) is 10.6 Å². The molecule has 0 spiro atoms. The zero-order valence-corrected chi connectivity index (χ0v) is 15.0. The highest BCUT2D eigenvalue weighted by atomic mass is 16.2. The molecule has 5 rings (SSSR count). The van der Waals surface area contributed by atoms with Gasteiger partial charge >= 0.3 is 0 Å². The Labute approximate surface area is 154 Å². The first-order valence-electron chi connectivity index (χ1n) is 9.60. The van der Waals surface area contributed by atoms with Gasteiger partial charge in [0.05, 0.1) is 6.07 Å². The summed E-state index contributed by atoms with van der Waals surface area (Å²) in [5.74, 6) is 2.33. The number of rotatable bonds is 5. The fourth-order valence-corrected chi connectivity index (χ4v) is 5.97. The fraction of sp³-hybridized carbons (Fsp3) is 0.571. The largest absolute Gasteiger partial charge is 0.326 e. The molecule has 4 fully saturated rings. The van der Waals surface area contributed by atoms with Crippen LogP contribution in [0.1, 0.15) is 51.4 Å². The molecule has 26 heavy (non-hydrogen) atoms. The maximum atomic E-state index is 12.6. The van der Waals surface area contributed by atoms with E-state index in [2.05, 4.69) is 10.6 Å². The standard InChI is InChI=1S/C21H25N3O2/c22-6-5-19(25)23-17-1-3-18(4-2-17)24-20(26)13-21-10-14-7-15(11-21)9-16(8-14)12-21/h1-4,14-16H,5,7-13H2,(H,23,25)(H,24,26). The zero-order chi connectivity index (χ0) is 18.1. The molecule has 4 bridgehead atoms. The van der Waals surface area contributed by atoms with Gasteiger partial charge in [-0.15, -0.1) is 0 Å². The van der Waals surface area contributed by atoms with Crippen LogP contribution in [0, 0.1) is 34.5 Å². The molecule has 0 atom stereocenters. The number of nitriles is 1. The van der Waals surface area contributed by atoms with Gasteiger partial charge in [-0.1, -0.05) is 0 Å². The van der Waals surface area contributed by atoms with Gasteiger partial charge in [-0.25, -0.2) is 0 Å². The molecule has 2 amide bonds. The van der Waals surface area contributed by atoms with Crippen LogP contribution in [-0.4, -0.2) is 11.8 Å². The van der Waals surface area contributed by atoms with Crippen LogP contribution in [-0.2, 0) is 9.59 Å². The van der Waals surface area contributed by atoms with E-state index in [-0.39, 0.29) is 23.7 Å². The molecule has 136 valence electrons. The van der Waals surface area contributed by atoms with Gasteiger partial charge in [-0.2, -0.15) is 5.26 Å². The lowest BCUT2D eigenvalue weighted by Gasteiger charge is -2.56. The van der Waals surface area contributed by atoms with E-state index in [1.54, 1.807) is 24.3 Å². The van der Waals surface area contributed by atoms with E-state index in [9.17, 15) is 9.59 Å². The molecule has 1 aromatic rings. The maximum absolute atomic E-state index is 12.6. The molecule has 5 heteroatoms. The Morgan fingerprint density at radius 3 is 1.85 bits per heavy atom. The predicted octanol–water partition coefficient (Wildman–Crippen LogP) is 4.08. The third kappa shape index (κ3) is 3.60. The van der Waals surface area contributed by atoms with Crippen molar-refractivity contribution in [3.05, 3.63) is 24.3 Å². The number of benzene rings is 1. The van der Waals surface area contributed by atoms with Gasteiger partial charge in [0.15, 0.2) is 0 Å². The van der Waals surface area contributed by atoms with Crippen molar-refractivity contribution < 1.29 is 9.59 Å². The number of amides is 2. The SMILES string of the molecule is N#CCC(=O)Nc1ccc(NC(=O)CC23CC4CC(CC(C4)C2)C3)cc1. The highest BCUT2D eigenvalue weighted by Crippen LogP contribution is 2.61. The monoisotopic (exact) mass is 351 g/mol. The summed E-state index contributed by atoms with van der Waals surface area (Å²) in [6.45, 7) is 0. The highest BCUT2D eigenvalue weighted by molar-refractivity contribution is 5.93. The lowest BCUT2D eigenvalue weighted by Crippen LogP contribution is -2.47. The summed E-state index contributed by atoms with van der Waals surface area (Å²) in [5.41, 5.74) is 1.62. The minimum Gasteiger partial charge on any atom is -0.326 e. The Morgan fingerprint density at radius 2 is 1.38 bits per heavy atom. The highest BCUT2D eigenvalue weighted by Gasteiger charge is 2.51. The second-order valence-corrected chi connectivity index (χ2v) is 8.60. The summed E-state index contributed by atoms with van der Waals surface area (Å²) in [7, 11) is 0. The Morgan fingerprint density at radius 1 is 0.923 bits per heavy atom. The van der Waals surface area contributed by atoms with E-state index < -0.39 is 0 Å². The number of nitrogens with one attached hydrogen (secondary N) is 2. The molecule has 0 unspecified atom stereocenters. The Hall–Kier alpha value is -2.35. The average molecular weight is 351 g/mol. The second kappa shape index (κ2) is 6.75. The van der Waals surface area contributed by atoms with E-state index in [0.29, 0.717) is 12.1 Å². The van der Waals surface area contributed by atoms with Crippen LogP contribution >= 0.6 is 0 Å². The van der Waals surface area contributed by atoms with Gasteiger partial charge in [0.1, 0.15) is 6.42 Å². The van der Waals surface area contributed by atoms with Gasteiger partial charge in [-0.3, -0.25) is 9.59 Å². The van der Waals surface area contributed by atoms with Crippen LogP contribution in [0.3, 0.4) is 0 Å². The molecule has 5 nitrogen and oxygen atoms in total. The van der Waals surface area contributed by atoms with Crippen molar-refractivity contribution in [1.82, 2.24) is 0 Å². The molecule has 0 saturated heterocycles. The van der Waals surface area contributed by atoms with Gasteiger partial charge in [0, 0.05) is 17.8 Å². The van der Waals surface area contributed by atoms with Crippen LogP contribution in [0.5, 0.6) is 0 Å². The van der Waals surface area contributed by atoms with Crippen molar-refractivity contribution in [3.63, 3.8) is 0 Å². The van der Waals surface area contributed by atoms with Crippen molar-refractivity contribution in [1.29, 1.82) is 5.26 Å². The van der Waals surface area contributed by atoms with E-state index in [1.807, 2.05) is 6.07 Å². The lowest BCUT2D eigenvalue weighted by atomic mass is 9.49. The average Bonchev–Trinajstić information content (AvgIpc) is 2.55. The Kier molecular flexibility index (Phi) is 4.44. The predicted molar refractivity (Wildman–Crippen MR) is 99.2 cm³/mol. The summed E-state index contributed by atoms with van der Waals surface area (Å²) < 4.78 is 0. The first kappa shape index (κ1) is 17.1. The normalized spacial score (nSPS) is 31.3. The van der Waals surface area contributed by atoms with Crippen molar-refractivity contribution in [2.45, 2.75) is 51.4 Å². The zero-order valence-electron chi connectivity index (χ0n) is 15.0. The Bertz CT molecular complexity index is 712. The van der Waals surface area contributed by atoms with Gasteiger partial charge in [0.25, 0.3) is 0 Å². The molecular formula is C21H25N3O2. The summed E-state index contributed by atoms with van der Waals surface area (Å²) in [6.07, 6.45) is 8.34. The van der Waals surface area contributed by atoms with Crippen LogP contribution in [0.2, 0.25) is 0 Å². The number of anilines is 2. The van der Waals surface area contributed by atoms with E-state index >= 15 is 0 Å². The molecule has 1 aromatic carbocycles. The lowest BCUT2D eigenvalue weighted by molar-refractivity contribution is -0.124. The van der Waals surface area contributed by atoms with Crippen LogP contribution in [0.25, 0.3) is 0 Å². The molecule has 4 saturated carbocycles. The van der Waals surface area contributed by atoms with Crippen molar-refractivity contribution >= 4 is 23.2 Å². The van der Waals surface area contributed by atoms with E-state index in [4.69, 9.17) is 5.26 Å². The number of hydrogen-bond acceptors (Lipinski definition) is 3. The smallest absolute Gasteiger partial charge is 0.238 e. The number of carbonyl (C=O) groups is 2. The first-order chi connectivity index (χ1) is 12.5. The Balaban J connectivity index is 1.34. The van der Waals surface area contributed by atoms with Crippen molar-refractivity contribution in [2.24, 2.45) is 23.2 Å². The van der Waals surface area contributed by atoms with Gasteiger partial charge in [0.2, 0.25) is 11.8 Å². The summed E-state index contributed by atoms with van der Waals surface area (Å²) in [4.78, 5) is 24.1. The maximum Gasteiger partial charge on any atom is 0.238 e. The minimum atomic E-state index is -0.328. The molecule has 2 N–H and O–H groups in total. The van der Waals surface area contributed by atoms with Crippen LogP contribution in [0.15, 0.2) is 24.3 Å². The van der Waals surface area contributed by atoms with Crippen LogP contribution in [0.4, 0.5) is 11.4 Å². The van der Waals surface area contributed by atoms with E-state index in [0.717, 1.165) is 23.4 Å². The third-order valence-corrected chi connectivity index (χ3v) is 6.39. The molecule has 4 aliphatic rings. The second-order valence-electron chi connectivity index (χ2n) is 8.60. The van der Waals surface area contributed by atoms with Gasteiger partial charge < -0.3 is 10.6 Å². The molecule has 4 aliphatic carbocycles. The number of nitrogens with zero attached hydrogens (tertiary/aromatic N) is 1. The van der Waals surface area contributed by atoms with Crippen LogP contribution < -0.4 is 10.6 Å². The third-order valence-electron chi connectivity index (χ3n) is 6.39. The van der Waals surface area contributed by atoms with Gasteiger partial charge in [-0.05, 0) is 86.0 Å². The summed E-state index contributed by atoms with van der Waals surface area (Å²) in [5, 5.41) is 14.2. The van der Waals surface area contributed by atoms with Crippen molar-refractivity contribution in [3.8, 4) is 6.07 Å². The molecule has 0 aromatic heterocycles. The quantitative estimate of drug-likeness (QED) is 0.838. The molecule has 0 aliphatic heterocycles. The molecule has 0 heterocycles. The topological polar surface area (TPSA) is 82.0 Å².